The average Bonchev–Trinajstić information content (AvgIpc) is 2.35. The van der Waals surface area contributed by atoms with Crippen molar-refractivity contribution in [1.82, 2.24) is 5.32 Å². The van der Waals surface area contributed by atoms with Gasteiger partial charge in [0.2, 0.25) is 5.91 Å². The van der Waals surface area contributed by atoms with Crippen LogP contribution in [0, 0.1) is 19.3 Å². The lowest BCUT2D eigenvalue weighted by Gasteiger charge is -2.23. The van der Waals surface area contributed by atoms with Gasteiger partial charge in [-0.1, -0.05) is 37.6 Å². The standard InChI is InChI=1S/C17H25NO2/c1-13-5-6-15(14(2)11-13)7-8-16(20)18-12-17(3,4)9-10-19/h5-8,11,19H,9-10,12H2,1-4H3,(H,18,20)/b8-7+. The van der Waals surface area contributed by atoms with Gasteiger partial charge in [-0.15, -0.1) is 0 Å². The maximum atomic E-state index is 11.8. The third-order valence-electron chi connectivity index (χ3n) is 3.37. The Kier molecular flexibility index (Phi) is 5.96. The van der Waals surface area contributed by atoms with Gasteiger partial charge in [0, 0.05) is 19.2 Å². The molecular formula is C17H25NO2. The first-order chi connectivity index (χ1) is 9.34. The van der Waals surface area contributed by atoms with Gasteiger partial charge in [-0.25, -0.2) is 0 Å². The zero-order chi connectivity index (χ0) is 15.2. The molecule has 1 amide bonds. The second kappa shape index (κ2) is 7.25. The maximum absolute atomic E-state index is 11.8. The minimum atomic E-state index is -0.101. The number of amides is 1. The van der Waals surface area contributed by atoms with Crippen LogP contribution in [0.4, 0.5) is 0 Å². The molecule has 0 fully saturated rings. The Bertz CT molecular complexity index is 490. The predicted octanol–water partition coefficient (Wildman–Crippen LogP) is 2.84. The molecule has 0 atom stereocenters. The Morgan fingerprint density at radius 3 is 2.65 bits per heavy atom. The van der Waals surface area contributed by atoms with Gasteiger partial charge in [-0.2, -0.15) is 0 Å². The smallest absolute Gasteiger partial charge is 0.244 e. The minimum Gasteiger partial charge on any atom is -0.396 e. The zero-order valence-electron chi connectivity index (χ0n) is 12.9. The summed E-state index contributed by atoms with van der Waals surface area (Å²) in [4.78, 5) is 11.8. The van der Waals surface area contributed by atoms with E-state index in [-0.39, 0.29) is 17.9 Å². The summed E-state index contributed by atoms with van der Waals surface area (Å²) in [5.41, 5.74) is 3.35. The van der Waals surface area contributed by atoms with Crippen molar-refractivity contribution in [3.05, 3.63) is 41.0 Å². The van der Waals surface area contributed by atoms with Gasteiger partial charge in [-0.3, -0.25) is 4.79 Å². The number of nitrogens with one attached hydrogen (secondary N) is 1. The molecule has 3 nitrogen and oxygen atoms in total. The molecule has 2 N–H and O–H groups in total. The molecule has 0 saturated carbocycles. The fraction of sp³-hybridized carbons (Fsp3) is 0.471. The van der Waals surface area contributed by atoms with Crippen molar-refractivity contribution in [2.45, 2.75) is 34.1 Å². The normalized spacial score (nSPS) is 11.8. The van der Waals surface area contributed by atoms with Gasteiger partial charge in [-0.05, 0) is 42.9 Å². The molecule has 0 aliphatic carbocycles. The fourth-order valence-electron chi connectivity index (χ4n) is 1.95. The number of carbonyl (C=O) groups excluding carboxylic acids is 1. The lowest BCUT2D eigenvalue weighted by atomic mass is 9.90. The third kappa shape index (κ3) is 5.57. The summed E-state index contributed by atoms with van der Waals surface area (Å²) >= 11 is 0. The molecule has 0 spiro atoms. The molecule has 0 unspecified atom stereocenters. The molecule has 0 heterocycles. The number of carbonyl (C=O) groups is 1. The summed E-state index contributed by atoms with van der Waals surface area (Å²) in [6.07, 6.45) is 4.07. The molecule has 1 rings (SSSR count). The Balaban J connectivity index is 2.56. The number of aliphatic hydroxyl groups is 1. The molecule has 0 bridgehead atoms. The first-order valence-electron chi connectivity index (χ1n) is 6.98. The van der Waals surface area contributed by atoms with Gasteiger partial charge < -0.3 is 10.4 Å². The summed E-state index contributed by atoms with van der Waals surface area (Å²) in [6.45, 7) is 8.84. The maximum Gasteiger partial charge on any atom is 0.244 e. The number of hydrogen-bond donors (Lipinski definition) is 2. The Labute approximate surface area is 121 Å². The van der Waals surface area contributed by atoms with Crippen LogP contribution in [-0.2, 0) is 4.79 Å². The van der Waals surface area contributed by atoms with Crippen LogP contribution in [0.5, 0.6) is 0 Å². The van der Waals surface area contributed by atoms with Gasteiger partial charge in [0.05, 0.1) is 0 Å². The van der Waals surface area contributed by atoms with Gasteiger partial charge in [0.15, 0.2) is 0 Å². The Hall–Kier alpha value is -1.61. The lowest BCUT2D eigenvalue weighted by Crippen LogP contribution is -2.33. The monoisotopic (exact) mass is 275 g/mol. The number of benzene rings is 1. The van der Waals surface area contributed by atoms with Crippen LogP contribution in [0.3, 0.4) is 0 Å². The first-order valence-corrected chi connectivity index (χ1v) is 6.98. The van der Waals surface area contributed by atoms with E-state index in [0.29, 0.717) is 13.0 Å². The lowest BCUT2D eigenvalue weighted by molar-refractivity contribution is -0.116. The summed E-state index contributed by atoms with van der Waals surface area (Å²) in [5.74, 6) is -0.101. The Morgan fingerprint density at radius 2 is 2.05 bits per heavy atom. The van der Waals surface area contributed by atoms with Crippen molar-refractivity contribution < 1.29 is 9.90 Å². The summed E-state index contributed by atoms with van der Waals surface area (Å²) < 4.78 is 0. The summed E-state index contributed by atoms with van der Waals surface area (Å²) in [6, 6.07) is 6.15. The highest BCUT2D eigenvalue weighted by atomic mass is 16.3. The zero-order valence-corrected chi connectivity index (χ0v) is 12.9. The van der Waals surface area contributed by atoms with E-state index in [1.165, 1.54) is 5.56 Å². The van der Waals surface area contributed by atoms with Crippen molar-refractivity contribution in [2.24, 2.45) is 5.41 Å². The van der Waals surface area contributed by atoms with Crippen LogP contribution in [0.15, 0.2) is 24.3 Å². The van der Waals surface area contributed by atoms with Crippen LogP contribution < -0.4 is 5.32 Å². The minimum absolute atomic E-state index is 0.0853. The topological polar surface area (TPSA) is 49.3 Å². The average molecular weight is 275 g/mol. The van der Waals surface area contributed by atoms with Crippen LogP contribution in [0.1, 0.15) is 37.0 Å². The summed E-state index contributed by atoms with van der Waals surface area (Å²) in [5, 5.41) is 11.8. The number of rotatable bonds is 6. The van der Waals surface area contributed by atoms with Crippen molar-refractivity contribution in [2.75, 3.05) is 13.2 Å². The van der Waals surface area contributed by atoms with Gasteiger partial charge in [0.25, 0.3) is 0 Å². The highest BCUT2D eigenvalue weighted by molar-refractivity contribution is 5.91. The number of aliphatic hydroxyl groups excluding tert-OH is 1. The van der Waals surface area contributed by atoms with Gasteiger partial charge in [0.1, 0.15) is 0 Å². The molecule has 1 aromatic carbocycles. The van der Waals surface area contributed by atoms with E-state index in [4.69, 9.17) is 5.11 Å². The second-order valence-electron chi connectivity index (χ2n) is 6.05. The third-order valence-corrected chi connectivity index (χ3v) is 3.37. The van der Waals surface area contributed by atoms with Crippen molar-refractivity contribution in [3.63, 3.8) is 0 Å². The number of aryl methyl sites for hydroxylation is 2. The molecule has 0 saturated heterocycles. The molecule has 0 aliphatic rings. The molecule has 1 aromatic rings. The van der Waals surface area contributed by atoms with E-state index in [0.717, 1.165) is 11.1 Å². The van der Waals surface area contributed by atoms with Gasteiger partial charge >= 0.3 is 0 Å². The second-order valence-corrected chi connectivity index (χ2v) is 6.05. The van der Waals surface area contributed by atoms with Crippen LogP contribution in [-0.4, -0.2) is 24.2 Å². The first kappa shape index (κ1) is 16.4. The highest BCUT2D eigenvalue weighted by Gasteiger charge is 2.17. The molecule has 3 heteroatoms. The van der Waals surface area contributed by atoms with Crippen LogP contribution >= 0.6 is 0 Å². The largest absolute Gasteiger partial charge is 0.396 e. The molecule has 0 radical (unpaired) electrons. The molecule has 20 heavy (non-hydrogen) atoms. The summed E-state index contributed by atoms with van der Waals surface area (Å²) in [7, 11) is 0. The van der Waals surface area contributed by atoms with Crippen LogP contribution in [0.25, 0.3) is 6.08 Å². The number of hydrogen-bond acceptors (Lipinski definition) is 2. The highest BCUT2D eigenvalue weighted by Crippen LogP contribution is 2.18. The molecular weight excluding hydrogens is 250 g/mol. The molecule has 0 aliphatic heterocycles. The quantitative estimate of drug-likeness (QED) is 0.784. The van der Waals surface area contributed by atoms with E-state index in [1.807, 2.05) is 39.0 Å². The van der Waals surface area contributed by atoms with Crippen LogP contribution in [0.2, 0.25) is 0 Å². The van der Waals surface area contributed by atoms with Crippen molar-refractivity contribution in [3.8, 4) is 0 Å². The SMILES string of the molecule is Cc1ccc(/C=C/C(=O)NCC(C)(C)CCO)c(C)c1. The van der Waals surface area contributed by atoms with Crippen molar-refractivity contribution >= 4 is 12.0 Å². The van der Waals surface area contributed by atoms with E-state index < -0.39 is 0 Å². The predicted molar refractivity (Wildman–Crippen MR) is 83.4 cm³/mol. The molecule has 0 aromatic heterocycles. The Morgan fingerprint density at radius 1 is 1.35 bits per heavy atom. The fourth-order valence-corrected chi connectivity index (χ4v) is 1.95. The van der Waals surface area contributed by atoms with Crippen molar-refractivity contribution in [1.29, 1.82) is 0 Å². The van der Waals surface area contributed by atoms with E-state index in [1.54, 1.807) is 6.08 Å². The molecule has 110 valence electrons. The van der Waals surface area contributed by atoms with E-state index >= 15 is 0 Å². The van der Waals surface area contributed by atoms with E-state index in [9.17, 15) is 4.79 Å². The van der Waals surface area contributed by atoms with E-state index in [2.05, 4.69) is 18.3 Å².